The van der Waals surface area contributed by atoms with Crippen LogP contribution < -0.4 is 14.2 Å². The molecule has 0 saturated carbocycles. The summed E-state index contributed by atoms with van der Waals surface area (Å²) in [5, 5.41) is 0. The van der Waals surface area contributed by atoms with Gasteiger partial charge in [0, 0.05) is 18.3 Å². The van der Waals surface area contributed by atoms with Gasteiger partial charge in [-0.3, -0.25) is 0 Å². The van der Waals surface area contributed by atoms with Crippen molar-refractivity contribution in [2.24, 2.45) is 0 Å². The van der Waals surface area contributed by atoms with Crippen LogP contribution in [0.4, 0.5) is 0 Å². The minimum Gasteiger partial charge on any atom is -0.497 e. The lowest BCUT2D eigenvalue weighted by Crippen LogP contribution is -2.07. The summed E-state index contributed by atoms with van der Waals surface area (Å²) in [6.07, 6.45) is 5.27. The molecular weight excluding hydrogens is 310 g/mol. The minimum atomic E-state index is -0.485. The van der Waals surface area contributed by atoms with Gasteiger partial charge in [-0.1, -0.05) is 12.2 Å². The molecule has 0 bridgehead atoms. The summed E-state index contributed by atoms with van der Waals surface area (Å²) in [4.78, 5) is 16.2. The average Bonchev–Trinajstić information content (AvgIpc) is 2.64. The van der Waals surface area contributed by atoms with Gasteiger partial charge in [-0.15, -0.1) is 0 Å². The number of carbonyl (C=O) groups excluding carboxylic acids is 1. The number of methoxy groups -OCH3 is 4. The number of rotatable bonds is 6. The smallest absolute Gasteiger partial charge is 0.342 e. The Kier molecular flexibility index (Phi) is 5.78. The fourth-order valence-corrected chi connectivity index (χ4v) is 2.17. The average molecular weight is 329 g/mol. The fourth-order valence-electron chi connectivity index (χ4n) is 2.17. The van der Waals surface area contributed by atoms with Crippen LogP contribution >= 0.6 is 0 Å². The van der Waals surface area contributed by atoms with Gasteiger partial charge < -0.3 is 18.9 Å². The lowest BCUT2D eigenvalue weighted by Gasteiger charge is -2.12. The summed E-state index contributed by atoms with van der Waals surface area (Å²) < 4.78 is 20.5. The van der Waals surface area contributed by atoms with E-state index in [4.69, 9.17) is 18.9 Å². The Bertz CT molecular complexity index is 755. The largest absolute Gasteiger partial charge is 0.497 e. The Labute approximate surface area is 140 Å². The monoisotopic (exact) mass is 329 g/mol. The van der Waals surface area contributed by atoms with Crippen molar-refractivity contribution in [3.05, 3.63) is 47.2 Å². The highest BCUT2D eigenvalue weighted by atomic mass is 16.5. The number of pyridine rings is 1. The molecule has 0 amide bonds. The molecule has 0 aliphatic carbocycles. The molecule has 0 aliphatic rings. The second kappa shape index (κ2) is 8.01. The second-order valence-corrected chi connectivity index (χ2v) is 4.75. The normalized spacial score (nSPS) is 10.5. The quantitative estimate of drug-likeness (QED) is 0.759. The predicted octanol–water partition coefficient (Wildman–Crippen LogP) is 3.06. The molecule has 1 aromatic carbocycles. The SMILES string of the molecule is COC(=O)c1c(C=Cc2ccnc(OC)c2)cc(OC)cc1OC. The van der Waals surface area contributed by atoms with Crippen LogP contribution in [0, 0.1) is 0 Å². The molecule has 0 atom stereocenters. The molecule has 0 radical (unpaired) electrons. The van der Waals surface area contributed by atoms with E-state index in [1.54, 1.807) is 44.7 Å². The topological polar surface area (TPSA) is 66.9 Å². The Balaban J connectivity index is 2.50. The van der Waals surface area contributed by atoms with E-state index in [-0.39, 0.29) is 0 Å². The molecule has 0 unspecified atom stereocenters. The maximum atomic E-state index is 12.1. The Morgan fingerprint density at radius 1 is 1.00 bits per heavy atom. The zero-order valence-electron chi connectivity index (χ0n) is 14.0. The van der Waals surface area contributed by atoms with Crippen molar-refractivity contribution in [1.82, 2.24) is 4.98 Å². The van der Waals surface area contributed by atoms with E-state index < -0.39 is 5.97 Å². The summed E-state index contributed by atoms with van der Waals surface area (Å²) in [5.41, 5.74) is 1.83. The highest BCUT2D eigenvalue weighted by Gasteiger charge is 2.18. The first-order valence-corrected chi connectivity index (χ1v) is 7.15. The van der Waals surface area contributed by atoms with E-state index in [1.807, 2.05) is 12.1 Å². The van der Waals surface area contributed by atoms with Gasteiger partial charge in [0.05, 0.1) is 28.4 Å². The third-order valence-corrected chi connectivity index (χ3v) is 3.37. The summed E-state index contributed by atoms with van der Waals surface area (Å²) in [6, 6.07) is 6.99. The molecule has 0 N–H and O–H groups in total. The maximum Gasteiger partial charge on any atom is 0.342 e. The van der Waals surface area contributed by atoms with Gasteiger partial charge in [-0.05, 0) is 23.3 Å². The van der Waals surface area contributed by atoms with E-state index >= 15 is 0 Å². The first-order chi connectivity index (χ1) is 11.6. The fraction of sp³-hybridized carbons (Fsp3) is 0.222. The van der Waals surface area contributed by atoms with Crippen LogP contribution in [-0.2, 0) is 4.74 Å². The Hall–Kier alpha value is -3.02. The van der Waals surface area contributed by atoms with Gasteiger partial charge in [0.25, 0.3) is 0 Å². The van der Waals surface area contributed by atoms with Crippen molar-refractivity contribution in [3.63, 3.8) is 0 Å². The number of esters is 1. The van der Waals surface area contributed by atoms with E-state index in [2.05, 4.69) is 4.98 Å². The molecule has 126 valence electrons. The number of benzene rings is 1. The van der Waals surface area contributed by atoms with E-state index in [0.29, 0.717) is 28.5 Å². The molecule has 1 heterocycles. The number of hydrogen-bond acceptors (Lipinski definition) is 6. The molecule has 0 fully saturated rings. The molecule has 6 nitrogen and oxygen atoms in total. The zero-order valence-corrected chi connectivity index (χ0v) is 14.0. The number of carbonyl (C=O) groups is 1. The number of aromatic nitrogens is 1. The van der Waals surface area contributed by atoms with Gasteiger partial charge >= 0.3 is 5.97 Å². The number of nitrogens with zero attached hydrogens (tertiary/aromatic N) is 1. The van der Waals surface area contributed by atoms with E-state index in [9.17, 15) is 4.79 Å². The van der Waals surface area contributed by atoms with Crippen LogP contribution in [-0.4, -0.2) is 39.4 Å². The van der Waals surface area contributed by atoms with Gasteiger partial charge in [0.15, 0.2) is 0 Å². The van der Waals surface area contributed by atoms with Gasteiger partial charge in [0.1, 0.15) is 17.1 Å². The zero-order chi connectivity index (χ0) is 17.5. The van der Waals surface area contributed by atoms with Crippen LogP contribution in [0.15, 0.2) is 30.5 Å². The van der Waals surface area contributed by atoms with Crippen LogP contribution in [0.2, 0.25) is 0 Å². The lowest BCUT2D eigenvalue weighted by atomic mass is 10.0. The summed E-state index contributed by atoms with van der Waals surface area (Å²) in [6.45, 7) is 0. The molecule has 0 saturated heterocycles. The van der Waals surface area contributed by atoms with Crippen molar-refractivity contribution >= 4 is 18.1 Å². The standard InChI is InChI=1S/C18H19NO5/c1-21-14-10-13(17(18(20)24-4)15(11-14)22-2)6-5-12-7-8-19-16(9-12)23-3/h5-11H,1-4H3. The molecular formula is C18H19NO5. The predicted molar refractivity (Wildman–Crippen MR) is 90.6 cm³/mol. The van der Waals surface area contributed by atoms with Gasteiger partial charge in [0.2, 0.25) is 5.88 Å². The third-order valence-electron chi connectivity index (χ3n) is 3.37. The first-order valence-electron chi connectivity index (χ1n) is 7.15. The Morgan fingerprint density at radius 3 is 2.42 bits per heavy atom. The van der Waals surface area contributed by atoms with E-state index in [1.165, 1.54) is 14.2 Å². The summed E-state index contributed by atoms with van der Waals surface area (Å²) in [7, 11) is 5.92. The van der Waals surface area contributed by atoms with E-state index in [0.717, 1.165) is 5.56 Å². The van der Waals surface area contributed by atoms with Crippen molar-refractivity contribution in [2.75, 3.05) is 28.4 Å². The number of hydrogen-bond donors (Lipinski definition) is 0. The molecule has 2 aromatic rings. The molecule has 0 aliphatic heterocycles. The van der Waals surface area contributed by atoms with Crippen molar-refractivity contribution in [1.29, 1.82) is 0 Å². The Morgan fingerprint density at radius 2 is 1.79 bits per heavy atom. The van der Waals surface area contributed by atoms with Crippen molar-refractivity contribution in [2.45, 2.75) is 0 Å². The molecule has 6 heteroatoms. The van der Waals surface area contributed by atoms with Crippen molar-refractivity contribution < 1.29 is 23.7 Å². The van der Waals surface area contributed by atoms with Crippen molar-refractivity contribution in [3.8, 4) is 17.4 Å². The number of ether oxygens (including phenoxy) is 4. The lowest BCUT2D eigenvalue weighted by molar-refractivity contribution is 0.0597. The molecule has 0 spiro atoms. The van der Waals surface area contributed by atoms with Crippen LogP contribution in [0.1, 0.15) is 21.5 Å². The molecule has 24 heavy (non-hydrogen) atoms. The summed E-state index contributed by atoms with van der Waals surface area (Å²) in [5.74, 6) is 0.981. The molecule has 2 rings (SSSR count). The third kappa shape index (κ3) is 3.84. The minimum absolute atomic E-state index is 0.332. The van der Waals surface area contributed by atoms with Gasteiger partial charge in [-0.25, -0.2) is 9.78 Å². The highest BCUT2D eigenvalue weighted by Crippen LogP contribution is 2.30. The van der Waals surface area contributed by atoms with Crippen LogP contribution in [0.5, 0.6) is 17.4 Å². The van der Waals surface area contributed by atoms with Crippen LogP contribution in [0.3, 0.4) is 0 Å². The van der Waals surface area contributed by atoms with Crippen LogP contribution in [0.25, 0.3) is 12.2 Å². The maximum absolute atomic E-state index is 12.1. The first kappa shape index (κ1) is 17.3. The van der Waals surface area contributed by atoms with Gasteiger partial charge in [-0.2, -0.15) is 0 Å². The second-order valence-electron chi connectivity index (χ2n) is 4.75. The molecule has 1 aromatic heterocycles. The summed E-state index contributed by atoms with van der Waals surface area (Å²) >= 11 is 0. The highest BCUT2D eigenvalue weighted by molar-refractivity contribution is 5.98.